The van der Waals surface area contributed by atoms with Crippen molar-refractivity contribution in [3.8, 4) is 0 Å². The summed E-state index contributed by atoms with van der Waals surface area (Å²) in [6, 6.07) is 3.38. The summed E-state index contributed by atoms with van der Waals surface area (Å²) in [4.78, 5) is 23.8. The molecular formula is C12H15FN2O4. The fraction of sp³-hybridized carbons (Fsp3) is 0.333. The van der Waals surface area contributed by atoms with Crippen LogP contribution in [0, 0.1) is 5.82 Å². The number of carbonyl (C=O) groups excluding carboxylic acids is 1. The number of urea groups is 1. The molecular weight excluding hydrogens is 255 g/mol. The van der Waals surface area contributed by atoms with Gasteiger partial charge in [0.25, 0.3) is 0 Å². The average molecular weight is 270 g/mol. The molecule has 0 spiro atoms. The lowest BCUT2D eigenvalue weighted by Gasteiger charge is -2.21. The van der Waals surface area contributed by atoms with Crippen LogP contribution in [-0.4, -0.2) is 41.9 Å². The van der Waals surface area contributed by atoms with E-state index < -0.39 is 23.9 Å². The number of hydrogen-bond acceptors (Lipinski definition) is 3. The van der Waals surface area contributed by atoms with Gasteiger partial charge in [0.15, 0.2) is 0 Å². The van der Waals surface area contributed by atoms with Crippen molar-refractivity contribution in [1.82, 2.24) is 5.32 Å². The zero-order chi connectivity index (χ0) is 14.4. The molecule has 2 amide bonds. The van der Waals surface area contributed by atoms with Crippen molar-refractivity contribution in [3.05, 3.63) is 30.1 Å². The zero-order valence-electron chi connectivity index (χ0n) is 10.3. The number of carboxylic acids is 1. The first-order valence-corrected chi connectivity index (χ1v) is 5.59. The molecule has 0 aliphatic heterocycles. The van der Waals surface area contributed by atoms with Gasteiger partial charge in [-0.05, 0) is 24.3 Å². The smallest absolute Gasteiger partial charge is 0.326 e. The molecule has 0 unspecified atom stereocenters. The van der Waals surface area contributed by atoms with E-state index in [9.17, 15) is 14.0 Å². The number of rotatable bonds is 5. The maximum absolute atomic E-state index is 12.7. The molecule has 1 atom stereocenters. The highest BCUT2D eigenvalue weighted by molar-refractivity contribution is 5.93. The maximum atomic E-state index is 12.7. The summed E-state index contributed by atoms with van der Waals surface area (Å²) in [5.41, 5.74) is 0.423. The Morgan fingerprint density at radius 1 is 1.37 bits per heavy atom. The molecule has 1 rings (SSSR count). The lowest BCUT2D eigenvalue weighted by Crippen LogP contribution is -2.47. The Morgan fingerprint density at radius 2 is 1.95 bits per heavy atom. The van der Waals surface area contributed by atoms with E-state index in [1.807, 2.05) is 0 Å². The van der Waals surface area contributed by atoms with Crippen LogP contribution in [-0.2, 0) is 4.79 Å². The van der Waals surface area contributed by atoms with Crippen LogP contribution in [0.2, 0.25) is 0 Å². The molecule has 0 saturated carbocycles. The quantitative estimate of drug-likeness (QED) is 0.738. The first kappa shape index (κ1) is 14.9. The Bertz CT molecular complexity index is 450. The van der Waals surface area contributed by atoms with Crippen molar-refractivity contribution in [1.29, 1.82) is 0 Å². The van der Waals surface area contributed by atoms with Gasteiger partial charge in [0.2, 0.25) is 0 Å². The number of aliphatic hydroxyl groups excluding tert-OH is 1. The second kappa shape index (κ2) is 6.69. The molecule has 0 aliphatic rings. The van der Waals surface area contributed by atoms with Crippen LogP contribution in [0.3, 0.4) is 0 Å². The maximum Gasteiger partial charge on any atom is 0.326 e. The molecule has 7 heteroatoms. The van der Waals surface area contributed by atoms with Crippen molar-refractivity contribution in [2.75, 3.05) is 18.6 Å². The number of hydrogen-bond donors (Lipinski definition) is 3. The second-order valence-electron chi connectivity index (χ2n) is 3.89. The van der Waals surface area contributed by atoms with E-state index in [1.165, 1.54) is 31.3 Å². The van der Waals surface area contributed by atoms with E-state index >= 15 is 0 Å². The molecule has 1 aromatic rings. The normalized spacial score (nSPS) is 11.7. The summed E-state index contributed by atoms with van der Waals surface area (Å²) in [6.45, 7) is -0.350. The molecule has 3 N–H and O–H groups in total. The van der Waals surface area contributed by atoms with Gasteiger partial charge in [0.05, 0.1) is 0 Å². The van der Waals surface area contributed by atoms with Crippen molar-refractivity contribution in [2.45, 2.75) is 12.5 Å². The first-order chi connectivity index (χ1) is 8.95. The summed E-state index contributed by atoms with van der Waals surface area (Å²) in [6.07, 6.45) is -0.0850. The molecule has 0 fully saturated rings. The fourth-order valence-corrected chi connectivity index (χ4v) is 1.41. The van der Waals surface area contributed by atoms with Gasteiger partial charge >= 0.3 is 12.0 Å². The minimum Gasteiger partial charge on any atom is -0.480 e. The monoisotopic (exact) mass is 270 g/mol. The highest BCUT2D eigenvalue weighted by Gasteiger charge is 2.21. The molecule has 104 valence electrons. The van der Waals surface area contributed by atoms with Gasteiger partial charge in [0, 0.05) is 25.8 Å². The van der Waals surface area contributed by atoms with E-state index in [4.69, 9.17) is 10.2 Å². The van der Waals surface area contributed by atoms with E-state index in [0.717, 1.165) is 4.90 Å². The van der Waals surface area contributed by atoms with E-state index in [2.05, 4.69) is 5.32 Å². The standard InChI is InChI=1S/C12H15FN2O4/c1-15(9-4-2-8(13)3-5-9)12(19)14-10(6-7-16)11(17)18/h2-5,10,16H,6-7H2,1H3,(H,14,19)(H,17,18)/t10-/m1/s1. The second-order valence-corrected chi connectivity index (χ2v) is 3.89. The predicted molar refractivity (Wildman–Crippen MR) is 66.5 cm³/mol. The molecule has 6 nitrogen and oxygen atoms in total. The largest absolute Gasteiger partial charge is 0.480 e. The molecule has 0 bridgehead atoms. The van der Waals surface area contributed by atoms with Crippen LogP contribution in [0.5, 0.6) is 0 Å². The Morgan fingerprint density at radius 3 is 2.42 bits per heavy atom. The highest BCUT2D eigenvalue weighted by Crippen LogP contribution is 2.13. The van der Waals surface area contributed by atoms with Crippen LogP contribution in [0.4, 0.5) is 14.9 Å². The number of amides is 2. The van der Waals surface area contributed by atoms with Gasteiger partial charge in [-0.15, -0.1) is 0 Å². The SMILES string of the molecule is CN(C(=O)N[C@H](CCO)C(=O)O)c1ccc(F)cc1. The Kier molecular flexibility index (Phi) is 5.25. The van der Waals surface area contributed by atoms with E-state index in [1.54, 1.807) is 0 Å². The topological polar surface area (TPSA) is 89.9 Å². The van der Waals surface area contributed by atoms with Gasteiger partial charge in [-0.1, -0.05) is 0 Å². The number of nitrogens with zero attached hydrogens (tertiary/aromatic N) is 1. The number of carbonyl (C=O) groups is 2. The number of anilines is 1. The summed E-state index contributed by atoms with van der Waals surface area (Å²) in [5, 5.41) is 19.8. The van der Waals surface area contributed by atoms with Crippen molar-refractivity contribution < 1.29 is 24.2 Å². The summed E-state index contributed by atoms with van der Waals surface area (Å²) in [5.74, 6) is -1.66. The highest BCUT2D eigenvalue weighted by atomic mass is 19.1. The summed E-state index contributed by atoms with van der Waals surface area (Å²) in [7, 11) is 1.43. The minimum absolute atomic E-state index is 0.0850. The van der Waals surface area contributed by atoms with Crippen LogP contribution in [0.1, 0.15) is 6.42 Å². The Labute approximate surface area is 109 Å². The van der Waals surface area contributed by atoms with Gasteiger partial charge in [-0.3, -0.25) is 4.90 Å². The third-order valence-electron chi connectivity index (χ3n) is 2.53. The third kappa shape index (κ3) is 4.22. The number of aliphatic carboxylic acids is 1. The van der Waals surface area contributed by atoms with Crippen LogP contribution in [0.15, 0.2) is 24.3 Å². The number of aliphatic hydroxyl groups is 1. The molecule has 0 radical (unpaired) electrons. The molecule has 0 heterocycles. The number of benzene rings is 1. The van der Waals surface area contributed by atoms with E-state index in [0.29, 0.717) is 5.69 Å². The summed E-state index contributed by atoms with van der Waals surface area (Å²) < 4.78 is 12.7. The van der Waals surface area contributed by atoms with Crippen molar-refractivity contribution in [3.63, 3.8) is 0 Å². The lowest BCUT2D eigenvalue weighted by molar-refractivity contribution is -0.139. The molecule has 0 saturated heterocycles. The number of halogens is 1. The molecule has 0 aliphatic carbocycles. The minimum atomic E-state index is -1.23. The zero-order valence-corrected chi connectivity index (χ0v) is 10.3. The first-order valence-electron chi connectivity index (χ1n) is 5.59. The molecule has 1 aromatic carbocycles. The number of nitrogens with one attached hydrogen (secondary N) is 1. The Hall–Kier alpha value is -2.15. The number of carboxylic acid groups (broad SMARTS) is 1. The van der Waals surface area contributed by atoms with Gasteiger partial charge in [-0.2, -0.15) is 0 Å². The molecule has 0 aromatic heterocycles. The van der Waals surface area contributed by atoms with Crippen LogP contribution < -0.4 is 10.2 Å². The average Bonchev–Trinajstić information content (AvgIpc) is 2.38. The van der Waals surface area contributed by atoms with E-state index in [-0.39, 0.29) is 13.0 Å². The fourth-order valence-electron chi connectivity index (χ4n) is 1.41. The predicted octanol–water partition coefficient (Wildman–Crippen LogP) is 0.807. The van der Waals surface area contributed by atoms with Crippen LogP contribution in [0.25, 0.3) is 0 Å². The summed E-state index contributed by atoms with van der Waals surface area (Å²) >= 11 is 0. The molecule has 19 heavy (non-hydrogen) atoms. The van der Waals surface area contributed by atoms with Crippen molar-refractivity contribution in [2.24, 2.45) is 0 Å². The van der Waals surface area contributed by atoms with Crippen LogP contribution >= 0.6 is 0 Å². The van der Waals surface area contributed by atoms with Gasteiger partial charge in [-0.25, -0.2) is 14.0 Å². The van der Waals surface area contributed by atoms with Gasteiger partial charge < -0.3 is 15.5 Å². The Balaban J connectivity index is 2.71. The lowest BCUT2D eigenvalue weighted by atomic mass is 10.2. The van der Waals surface area contributed by atoms with Crippen molar-refractivity contribution >= 4 is 17.7 Å². The van der Waals surface area contributed by atoms with Gasteiger partial charge in [0.1, 0.15) is 11.9 Å². The third-order valence-corrected chi connectivity index (χ3v) is 2.53.